The molecule has 1 aliphatic heterocycles. The summed E-state index contributed by atoms with van der Waals surface area (Å²) < 4.78 is 0. The van der Waals surface area contributed by atoms with Gasteiger partial charge in [-0.2, -0.15) is 4.98 Å². The second-order valence-corrected chi connectivity index (χ2v) is 5.97. The zero-order valence-corrected chi connectivity index (χ0v) is 12.5. The van der Waals surface area contributed by atoms with Crippen LogP contribution in [0.4, 0.5) is 17.5 Å². The Morgan fingerprint density at radius 1 is 1.43 bits per heavy atom. The molecule has 21 heavy (non-hydrogen) atoms. The molecule has 1 aliphatic carbocycles. The fourth-order valence-corrected chi connectivity index (χ4v) is 3.47. The van der Waals surface area contributed by atoms with Crippen LogP contribution in [0.15, 0.2) is 0 Å². The molecular formula is C14H21N5O2. The highest BCUT2D eigenvalue weighted by atomic mass is 16.6. The maximum atomic E-state index is 11.4. The first-order valence-electron chi connectivity index (χ1n) is 7.63. The minimum absolute atomic E-state index is 0.0598. The standard InChI is InChI=1S/C14H21N5O2/c1-3-6-15-14-16-9(2)12(19(20)21)13(17-14)18-8-10-4-5-11(18)7-10/h10-11H,3-8H2,1-2H3,(H,15,16,17). The molecule has 2 fully saturated rings. The van der Waals surface area contributed by atoms with Crippen LogP contribution in [0.25, 0.3) is 0 Å². The second kappa shape index (κ2) is 5.46. The number of aryl methyl sites for hydroxylation is 1. The number of nitrogens with one attached hydrogen (secondary N) is 1. The maximum absolute atomic E-state index is 11.4. The first kappa shape index (κ1) is 14.0. The summed E-state index contributed by atoms with van der Waals surface area (Å²) >= 11 is 0. The van der Waals surface area contributed by atoms with Gasteiger partial charge in [0.05, 0.1) is 4.92 Å². The van der Waals surface area contributed by atoms with E-state index in [0.29, 0.717) is 29.4 Å². The van der Waals surface area contributed by atoms with Crippen LogP contribution in [0.3, 0.4) is 0 Å². The van der Waals surface area contributed by atoms with Crippen LogP contribution in [0, 0.1) is 23.0 Å². The molecule has 3 rings (SSSR count). The van der Waals surface area contributed by atoms with Gasteiger partial charge in [0.15, 0.2) is 0 Å². The van der Waals surface area contributed by atoms with E-state index in [-0.39, 0.29) is 10.6 Å². The largest absolute Gasteiger partial charge is 0.354 e. The normalized spacial score (nSPS) is 23.6. The predicted octanol–water partition coefficient (Wildman–Crippen LogP) is 2.50. The zero-order valence-electron chi connectivity index (χ0n) is 12.5. The van der Waals surface area contributed by atoms with Gasteiger partial charge < -0.3 is 10.2 Å². The monoisotopic (exact) mass is 291 g/mol. The lowest BCUT2D eigenvalue weighted by atomic mass is 10.1. The van der Waals surface area contributed by atoms with Crippen molar-refractivity contribution in [2.75, 3.05) is 23.3 Å². The van der Waals surface area contributed by atoms with E-state index in [0.717, 1.165) is 32.4 Å². The van der Waals surface area contributed by atoms with Crippen molar-refractivity contribution in [2.24, 2.45) is 5.92 Å². The van der Waals surface area contributed by atoms with Crippen LogP contribution >= 0.6 is 0 Å². The van der Waals surface area contributed by atoms with E-state index in [1.807, 2.05) is 0 Å². The van der Waals surface area contributed by atoms with Crippen molar-refractivity contribution in [3.8, 4) is 0 Å². The minimum atomic E-state index is -0.347. The number of piperidine rings is 1. The van der Waals surface area contributed by atoms with Crippen LogP contribution in [0.1, 0.15) is 38.3 Å². The van der Waals surface area contributed by atoms with Crippen LogP contribution in [-0.2, 0) is 0 Å². The topological polar surface area (TPSA) is 84.2 Å². The first-order valence-corrected chi connectivity index (χ1v) is 7.63. The first-order chi connectivity index (χ1) is 10.1. The smallest absolute Gasteiger partial charge is 0.332 e. The zero-order chi connectivity index (χ0) is 15.0. The highest BCUT2D eigenvalue weighted by molar-refractivity contribution is 5.63. The van der Waals surface area contributed by atoms with Crippen molar-refractivity contribution in [3.63, 3.8) is 0 Å². The molecule has 2 aliphatic rings. The SMILES string of the molecule is CCCNc1nc(C)c([N+](=O)[O-])c(N2CC3CCC2C3)n1. The molecule has 7 heteroatoms. The van der Waals surface area contributed by atoms with Gasteiger partial charge in [-0.25, -0.2) is 4.98 Å². The number of nitrogens with zero attached hydrogens (tertiary/aromatic N) is 4. The number of hydrogen-bond acceptors (Lipinski definition) is 6. The van der Waals surface area contributed by atoms with Gasteiger partial charge in [-0.1, -0.05) is 6.92 Å². The predicted molar refractivity (Wildman–Crippen MR) is 80.7 cm³/mol. The number of aromatic nitrogens is 2. The Labute approximate surface area is 123 Å². The van der Waals surface area contributed by atoms with Gasteiger partial charge >= 0.3 is 5.69 Å². The Bertz CT molecular complexity index is 563. The van der Waals surface area contributed by atoms with Crippen LogP contribution in [-0.4, -0.2) is 34.0 Å². The lowest BCUT2D eigenvalue weighted by Crippen LogP contribution is -2.33. The summed E-state index contributed by atoms with van der Waals surface area (Å²) in [6.45, 7) is 5.40. The Balaban J connectivity index is 1.99. The molecule has 0 radical (unpaired) electrons. The van der Waals surface area contributed by atoms with Gasteiger partial charge in [0.1, 0.15) is 5.69 Å². The quantitative estimate of drug-likeness (QED) is 0.663. The highest BCUT2D eigenvalue weighted by Crippen LogP contribution is 2.43. The molecule has 1 N–H and O–H groups in total. The molecule has 1 saturated carbocycles. The molecule has 2 unspecified atom stereocenters. The molecule has 114 valence electrons. The number of nitro groups is 1. The van der Waals surface area contributed by atoms with Crippen LogP contribution < -0.4 is 10.2 Å². The number of anilines is 2. The minimum Gasteiger partial charge on any atom is -0.354 e. The maximum Gasteiger partial charge on any atom is 0.332 e. The Kier molecular flexibility index (Phi) is 3.65. The third kappa shape index (κ3) is 2.52. The van der Waals surface area contributed by atoms with Crippen molar-refractivity contribution in [3.05, 3.63) is 15.8 Å². The van der Waals surface area contributed by atoms with Gasteiger partial charge in [-0.15, -0.1) is 0 Å². The molecule has 0 aromatic carbocycles. The Morgan fingerprint density at radius 2 is 2.24 bits per heavy atom. The molecule has 2 bridgehead atoms. The Morgan fingerprint density at radius 3 is 2.81 bits per heavy atom. The van der Waals surface area contributed by atoms with E-state index < -0.39 is 0 Å². The second-order valence-electron chi connectivity index (χ2n) is 5.97. The van der Waals surface area contributed by atoms with Gasteiger partial charge in [0, 0.05) is 19.1 Å². The van der Waals surface area contributed by atoms with E-state index in [1.165, 1.54) is 6.42 Å². The van der Waals surface area contributed by atoms with Crippen molar-refractivity contribution >= 4 is 17.5 Å². The molecular weight excluding hydrogens is 270 g/mol. The van der Waals surface area contributed by atoms with E-state index in [4.69, 9.17) is 0 Å². The summed E-state index contributed by atoms with van der Waals surface area (Å²) in [5.74, 6) is 1.66. The summed E-state index contributed by atoms with van der Waals surface area (Å²) in [6, 6.07) is 0.405. The number of hydrogen-bond donors (Lipinski definition) is 1. The van der Waals surface area contributed by atoms with Crippen LogP contribution in [0.2, 0.25) is 0 Å². The van der Waals surface area contributed by atoms with E-state index in [9.17, 15) is 10.1 Å². The number of rotatable bonds is 5. The molecule has 1 aromatic heterocycles. The molecule has 2 atom stereocenters. The summed E-state index contributed by atoms with van der Waals surface area (Å²) in [5, 5.41) is 14.5. The molecule has 0 amide bonds. The third-order valence-corrected chi connectivity index (χ3v) is 4.44. The summed E-state index contributed by atoms with van der Waals surface area (Å²) in [7, 11) is 0. The summed E-state index contributed by atoms with van der Waals surface area (Å²) in [5.41, 5.74) is 0.496. The van der Waals surface area contributed by atoms with Gasteiger partial charge in [-0.3, -0.25) is 10.1 Å². The van der Waals surface area contributed by atoms with E-state index in [1.54, 1.807) is 6.92 Å². The molecule has 1 saturated heterocycles. The molecule has 7 nitrogen and oxygen atoms in total. The van der Waals surface area contributed by atoms with Gasteiger partial charge in [0.2, 0.25) is 11.8 Å². The third-order valence-electron chi connectivity index (χ3n) is 4.44. The summed E-state index contributed by atoms with van der Waals surface area (Å²) in [6.07, 6.45) is 4.45. The van der Waals surface area contributed by atoms with Crippen molar-refractivity contribution < 1.29 is 4.92 Å². The van der Waals surface area contributed by atoms with Gasteiger partial charge in [0.25, 0.3) is 0 Å². The lowest BCUT2D eigenvalue weighted by Gasteiger charge is -2.28. The van der Waals surface area contributed by atoms with Crippen molar-refractivity contribution in [2.45, 2.75) is 45.6 Å². The average Bonchev–Trinajstić information content (AvgIpc) is 3.06. The molecule has 2 heterocycles. The van der Waals surface area contributed by atoms with Gasteiger partial charge in [-0.05, 0) is 38.5 Å². The fraction of sp³-hybridized carbons (Fsp3) is 0.714. The van der Waals surface area contributed by atoms with Crippen molar-refractivity contribution in [1.82, 2.24) is 9.97 Å². The van der Waals surface area contributed by atoms with E-state index >= 15 is 0 Å². The van der Waals surface area contributed by atoms with E-state index in [2.05, 4.69) is 27.1 Å². The average molecular weight is 291 g/mol. The molecule has 0 spiro atoms. The Hall–Kier alpha value is -1.92. The fourth-order valence-electron chi connectivity index (χ4n) is 3.47. The van der Waals surface area contributed by atoms with Crippen LogP contribution in [0.5, 0.6) is 0 Å². The van der Waals surface area contributed by atoms with Crippen molar-refractivity contribution in [1.29, 1.82) is 0 Å². The highest BCUT2D eigenvalue weighted by Gasteiger charge is 2.41. The number of fused-ring (bicyclic) bond motifs is 2. The molecule has 1 aromatic rings. The lowest BCUT2D eigenvalue weighted by molar-refractivity contribution is -0.385. The summed E-state index contributed by atoms with van der Waals surface area (Å²) in [4.78, 5) is 21.9.